The Balaban J connectivity index is 2.12. The summed E-state index contributed by atoms with van der Waals surface area (Å²) in [7, 11) is -4.21. The van der Waals surface area contributed by atoms with Crippen molar-refractivity contribution < 1.29 is 22.8 Å². The Bertz CT molecular complexity index is 814. The lowest BCUT2D eigenvalue weighted by molar-refractivity contribution is -0.119. The third-order valence-corrected chi connectivity index (χ3v) is 6.46. The summed E-state index contributed by atoms with van der Waals surface area (Å²) in [6.45, 7) is 1.76. The maximum absolute atomic E-state index is 13.4. The minimum Gasteiger partial charge on any atom is -0.381 e. The summed E-state index contributed by atoms with van der Waals surface area (Å²) in [5.41, 5.74) is 5.41. The van der Waals surface area contributed by atoms with Crippen molar-refractivity contribution in [2.75, 3.05) is 10.8 Å². The van der Waals surface area contributed by atoms with Crippen LogP contribution in [0.1, 0.15) is 19.8 Å². The van der Waals surface area contributed by atoms with Crippen LogP contribution < -0.4 is 14.9 Å². The zero-order valence-electron chi connectivity index (χ0n) is 13.9. The van der Waals surface area contributed by atoms with E-state index in [0.717, 1.165) is 10.4 Å². The molecule has 11 heteroatoms. The number of halogens is 2. The zero-order valence-corrected chi connectivity index (χ0v) is 16.3. The van der Waals surface area contributed by atoms with Gasteiger partial charge < -0.3 is 10.9 Å². The Hall–Kier alpha value is -1.56. The first-order chi connectivity index (χ1) is 12.1. The van der Waals surface area contributed by atoms with E-state index < -0.39 is 33.6 Å². The lowest BCUT2D eigenvalue weighted by Gasteiger charge is -2.40. The summed E-state index contributed by atoms with van der Waals surface area (Å²) in [4.78, 5) is 13.0. The average molecular weight is 451 g/mol. The van der Waals surface area contributed by atoms with Gasteiger partial charge in [0.05, 0.1) is 10.2 Å². The van der Waals surface area contributed by atoms with E-state index >= 15 is 0 Å². The minimum absolute atomic E-state index is 0.0167. The molecule has 144 valence electrons. The SMILES string of the molecule is CC(C(=O)C(=N)N)C1CC(CN(c2ccc(F)c(Br)c2)S(=O)(=O)NO)C1. The lowest BCUT2D eigenvalue weighted by atomic mass is 9.68. The van der Waals surface area contributed by atoms with Crippen molar-refractivity contribution in [1.29, 1.82) is 5.41 Å². The molecule has 1 fully saturated rings. The van der Waals surface area contributed by atoms with Crippen molar-refractivity contribution in [2.45, 2.75) is 19.8 Å². The Labute approximate surface area is 159 Å². The Morgan fingerprint density at radius 2 is 2.15 bits per heavy atom. The van der Waals surface area contributed by atoms with Crippen LogP contribution in [0, 0.1) is 29.0 Å². The summed E-state index contributed by atoms with van der Waals surface area (Å²) < 4.78 is 38.8. The van der Waals surface area contributed by atoms with E-state index in [1.165, 1.54) is 17.0 Å². The molecular weight excluding hydrogens is 431 g/mol. The van der Waals surface area contributed by atoms with Gasteiger partial charge in [0, 0.05) is 12.5 Å². The first kappa shape index (κ1) is 20.7. The third kappa shape index (κ3) is 4.40. The van der Waals surface area contributed by atoms with Crippen LogP contribution in [-0.2, 0) is 15.0 Å². The van der Waals surface area contributed by atoms with E-state index in [9.17, 15) is 17.6 Å². The molecule has 1 aromatic carbocycles. The van der Waals surface area contributed by atoms with Crippen LogP contribution in [0.2, 0.25) is 0 Å². The standard InChI is InChI=1S/C15H20BrFN4O4S/c1-8(14(22)15(18)19)10-4-9(5-10)7-21(26(24,25)20-23)11-2-3-13(17)12(16)6-11/h2-3,6,8-10,20,23H,4-5,7H2,1H3,(H3,18,19). The van der Waals surface area contributed by atoms with Gasteiger partial charge in [-0.2, -0.15) is 8.42 Å². The molecule has 0 radical (unpaired) electrons. The molecule has 26 heavy (non-hydrogen) atoms. The molecule has 0 amide bonds. The number of ketones is 1. The molecule has 2 rings (SSSR count). The Kier molecular flexibility index (Phi) is 6.37. The summed E-state index contributed by atoms with van der Waals surface area (Å²) in [6, 6.07) is 3.73. The highest BCUT2D eigenvalue weighted by molar-refractivity contribution is 9.10. The quantitative estimate of drug-likeness (QED) is 0.271. The molecule has 1 atom stereocenters. The third-order valence-electron chi connectivity index (χ3n) is 4.68. The van der Waals surface area contributed by atoms with Crippen LogP contribution in [0.5, 0.6) is 0 Å². The van der Waals surface area contributed by atoms with Crippen LogP contribution >= 0.6 is 15.9 Å². The van der Waals surface area contributed by atoms with Gasteiger partial charge in [0.2, 0.25) is 0 Å². The second-order valence-corrected chi connectivity index (χ2v) is 8.82. The van der Waals surface area contributed by atoms with Crippen LogP contribution in [0.4, 0.5) is 10.1 Å². The number of rotatable bonds is 8. The van der Waals surface area contributed by atoms with Gasteiger partial charge in [-0.25, -0.2) is 4.39 Å². The lowest BCUT2D eigenvalue weighted by Crippen LogP contribution is -2.46. The number of hydrogen-bond donors (Lipinski definition) is 4. The summed E-state index contributed by atoms with van der Waals surface area (Å²) in [5, 5.41) is 16.2. The number of carbonyl (C=O) groups is 1. The summed E-state index contributed by atoms with van der Waals surface area (Å²) in [6.07, 6.45) is 1.17. The molecule has 1 aliphatic carbocycles. The van der Waals surface area contributed by atoms with Crippen LogP contribution in [0.3, 0.4) is 0 Å². The number of Topliss-reactive ketones (excluding diaryl/α,β-unsaturated/α-hetero) is 1. The van der Waals surface area contributed by atoms with Crippen LogP contribution in [0.25, 0.3) is 0 Å². The summed E-state index contributed by atoms with van der Waals surface area (Å²) in [5.74, 6) is -1.87. The number of nitrogens with zero attached hydrogens (tertiary/aromatic N) is 1. The van der Waals surface area contributed by atoms with E-state index in [1.807, 2.05) is 0 Å². The molecule has 0 bridgehead atoms. The smallest absolute Gasteiger partial charge is 0.323 e. The monoisotopic (exact) mass is 450 g/mol. The van der Waals surface area contributed by atoms with Gasteiger partial charge in [0.15, 0.2) is 11.6 Å². The van der Waals surface area contributed by atoms with E-state index in [1.54, 1.807) is 6.92 Å². The molecule has 0 aliphatic heterocycles. The van der Waals surface area contributed by atoms with Crippen molar-refractivity contribution in [3.63, 3.8) is 0 Å². The van der Waals surface area contributed by atoms with E-state index in [0.29, 0.717) is 12.8 Å². The predicted octanol–water partition coefficient (Wildman–Crippen LogP) is 1.79. The number of amidine groups is 1. The summed E-state index contributed by atoms with van der Waals surface area (Å²) >= 11 is 3.01. The number of benzene rings is 1. The Morgan fingerprint density at radius 3 is 2.65 bits per heavy atom. The number of nitrogens with one attached hydrogen (secondary N) is 2. The van der Waals surface area contributed by atoms with E-state index in [4.69, 9.17) is 16.4 Å². The number of anilines is 1. The first-order valence-electron chi connectivity index (χ1n) is 7.83. The average Bonchev–Trinajstić information content (AvgIpc) is 2.55. The molecule has 1 aromatic rings. The van der Waals surface area contributed by atoms with E-state index in [-0.39, 0.29) is 28.5 Å². The molecule has 1 unspecified atom stereocenters. The molecule has 1 saturated carbocycles. The highest BCUT2D eigenvalue weighted by Gasteiger charge is 2.39. The first-order valence-corrected chi connectivity index (χ1v) is 10.1. The van der Waals surface area contributed by atoms with Crippen molar-refractivity contribution in [2.24, 2.45) is 23.5 Å². The van der Waals surface area contributed by atoms with Gasteiger partial charge in [0.1, 0.15) is 5.82 Å². The molecule has 1 aliphatic rings. The van der Waals surface area contributed by atoms with Gasteiger partial charge in [0.25, 0.3) is 0 Å². The fourth-order valence-electron chi connectivity index (χ4n) is 3.07. The van der Waals surface area contributed by atoms with Gasteiger partial charge in [-0.3, -0.25) is 14.5 Å². The normalized spacial score (nSPS) is 20.9. The van der Waals surface area contributed by atoms with E-state index in [2.05, 4.69) is 15.9 Å². The fourth-order valence-corrected chi connectivity index (χ4v) is 4.33. The van der Waals surface area contributed by atoms with Crippen LogP contribution in [0.15, 0.2) is 22.7 Å². The fraction of sp³-hybridized carbons (Fsp3) is 0.467. The molecule has 0 spiro atoms. The predicted molar refractivity (Wildman–Crippen MR) is 97.6 cm³/mol. The molecule has 5 N–H and O–H groups in total. The van der Waals surface area contributed by atoms with Gasteiger partial charge >= 0.3 is 10.2 Å². The molecular formula is C15H20BrFN4O4S. The number of nitrogens with two attached hydrogens (primary N) is 1. The van der Waals surface area contributed by atoms with Gasteiger partial charge in [-0.15, -0.1) is 0 Å². The highest BCUT2D eigenvalue weighted by Crippen LogP contribution is 2.40. The van der Waals surface area contributed by atoms with Crippen molar-refractivity contribution in [3.05, 3.63) is 28.5 Å². The molecule has 8 nitrogen and oxygen atoms in total. The van der Waals surface area contributed by atoms with Crippen molar-refractivity contribution >= 4 is 43.4 Å². The number of hydrogen-bond acceptors (Lipinski definition) is 5. The molecule has 0 aromatic heterocycles. The van der Waals surface area contributed by atoms with Crippen LogP contribution in [-0.4, -0.2) is 31.8 Å². The Morgan fingerprint density at radius 1 is 1.54 bits per heavy atom. The largest absolute Gasteiger partial charge is 0.381 e. The minimum atomic E-state index is -4.21. The van der Waals surface area contributed by atoms with Crippen molar-refractivity contribution in [1.82, 2.24) is 4.89 Å². The zero-order chi connectivity index (χ0) is 19.6. The highest BCUT2D eigenvalue weighted by atomic mass is 79.9. The molecule has 0 saturated heterocycles. The maximum Gasteiger partial charge on any atom is 0.323 e. The van der Waals surface area contributed by atoms with Gasteiger partial charge in [-0.05, 0) is 58.8 Å². The molecule has 0 heterocycles. The topological polar surface area (TPSA) is 137 Å². The van der Waals surface area contributed by atoms with Crippen molar-refractivity contribution in [3.8, 4) is 0 Å². The van der Waals surface area contributed by atoms with Gasteiger partial charge in [-0.1, -0.05) is 11.8 Å². The second-order valence-electron chi connectivity index (χ2n) is 6.39. The maximum atomic E-state index is 13.4. The second kappa shape index (κ2) is 7.99. The number of carbonyl (C=O) groups excluding carboxylic acids is 1.